The summed E-state index contributed by atoms with van der Waals surface area (Å²) in [6, 6.07) is 5.58. The molecule has 11 heteroatoms. The van der Waals surface area contributed by atoms with E-state index in [1.165, 1.54) is 22.8 Å². The minimum atomic E-state index is -2.78. The van der Waals surface area contributed by atoms with Crippen molar-refractivity contribution in [2.75, 3.05) is 5.32 Å². The lowest BCUT2D eigenvalue weighted by atomic mass is 9.84. The van der Waals surface area contributed by atoms with Crippen molar-refractivity contribution in [3.8, 4) is 0 Å². The van der Waals surface area contributed by atoms with E-state index in [-0.39, 0.29) is 46.7 Å². The molecule has 0 amide bonds. The Morgan fingerprint density at radius 1 is 1.21 bits per heavy atom. The number of carboxylic acid groups (broad SMARTS) is 1. The lowest BCUT2D eigenvalue weighted by Gasteiger charge is -2.24. The topological polar surface area (TPSA) is 97.1 Å². The van der Waals surface area contributed by atoms with Gasteiger partial charge in [0, 0.05) is 35.4 Å². The summed E-state index contributed by atoms with van der Waals surface area (Å²) in [6.45, 7) is 2.10. The van der Waals surface area contributed by atoms with Crippen LogP contribution in [0.1, 0.15) is 60.5 Å². The molecular weight excluding hydrogens is 489 g/mol. The van der Waals surface area contributed by atoms with Gasteiger partial charge in [-0.1, -0.05) is 23.2 Å². The van der Waals surface area contributed by atoms with Gasteiger partial charge in [-0.25, -0.2) is 23.5 Å². The van der Waals surface area contributed by atoms with Gasteiger partial charge in [0.15, 0.2) is 5.69 Å². The van der Waals surface area contributed by atoms with Crippen LogP contribution in [0.3, 0.4) is 0 Å². The monoisotopic (exact) mass is 508 g/mol. The molecule has 0 radical (unpaired) electrons. The van der Waals surface area contributed by atoms with Crippen molar-refractivity contribution in [2.45, 2.75) is 56.5 Å². The highest BCUT2D eigenvalue weighted by Gasteiger charge is 2.54. The number of benzene rings is 1. The Morgan fingerprint density at radius 3 is 2.65 bits per heavy atom. The molecule has 2 aliphatic rings. The Balaban J connectivity index is 1.64. The molecule has 1 saturated carbocycles. The van der Waals surface area contributed by atoms with Crippen LogP contribution in [0.25, 0.3) is 10.9 Å². The predicted octanol–water partition coefficient (Wildman–Crippen LogP) is 5.43. The highest BCUT2D eigenvalue weighted by atomic mass is 35.5. The molecule has 0 bridgehead atoms. The molecule has 178 valence electrons. The summed E-state index contributed by atoms with van der Waals surface area (Å²) in [5, 5.41) is 13.2. The van der Waals surface area contributed by atoms with Gasteiger partial charge in [0.05, 0.1) is 22.6 Å². The third-order valence-electron chi connectivity index (χ3n) is 6.81. The largest absolute Gasteiger partial charge is 0.476 e. The fraction of sp³-hybridized carbons (Fsp3) is 0.391. The number of carboxylic acids is 1. The van der Waals surface area contributed by atoms with Gasteiger partial charge in [0.25, 0.3) is 5.56 Å². The number of fused-ring (bicyclic) bond motifs is 3. The van der Waals surface area contributed by atoms with Crippen LogP contribution < -0.4 is 10.9 Å². The lowest BCUT2D eigenvalue weighted by molar-refractivity contribution is 0.00241. The highest BCUT2D eigenvalue weighted by Crippen LogP contribution is 2.53. The zero-order valence-electron chi connectivity index (χ0n) is 18.0. The van der Waals surface area contributed by atoms with Crippen LogP contribution in [0.5, 0.6) is 0 Å². The van der Waals surface area contributed by atoms with E-state index in [2.05, 4.69) is 10.3 Å². The number of nitrogens with zero attached hydrogens (tertiary/aromatic N) is 3. The first-order valence-electron chi connectivity index (χ1n) is 10.8. The maximum absolute atomic E-state index is 14.2. The molecule has 0 saturated heterocycles. The van der Waals surface area contributed by atoms with Crippen LogP contribution in [-0.2, 0) is 12.0 Å². The lowest BCUT2D eigenvalue weighted by Crippen LogP contribution is -2.28. The quantitative estimate of drug-likeness (QED) is 0.456. The first-order chi connectivity index (χ1) is 16.0. The first-order valence-corrected chi connectivity index (χ1v) is 11.5. The molecule has 1 fully saturated rings. The van der Waals surface area contributed by atoms with E-state index in [0.717, 1.165) is 0 Å². The van der Waals surface area contributed by atoms with Crippen molar-refractivity contribution in [1.82, 2.24) is 14.5 Å². The highest BCUT2D eigenvalue weighted by molar-refractivity contribution is 6.31. The molecule has 1 aromatic carbocycles. The van der Waals surface area contributed by atoms with Crippen molar-refractivity contribution >= 4 is 45.8 Å². The molecule has 5 rings (SSSR count). The van der Waals surface area contributed by atoms with Crippen molar-refractivity contribution in [3.05, 3.63) is 61.9 Å². The van der Waals surface area contributed by atoms with Gasteiger partial charge in [0.2, 0.25) is 5.92 Å². The number of hydrogen-bond donors (Lipinski definition) is 2. The molecule has 2 atom stereocenters. The minimum absolute atomic E-state index is 0.0349. The van der Waals surface area contributed by atoms with E-state index in [1.54, 1.807) is 13.0 Å². The Kier molecular flexibility index (Phi) is 5.33. The summed E-state index contributed by atoms with van der Waals surface area (Å²) in [5.41, 5.74) is -0.283. The Hall–Kier alpha value is -2.78. The number of nitrogens with one attached hydrogen (secondary N) is 1. The third kappa shape index (κ3) is 3.71. The van der Waals surface area contributed by atoms with E-state index in [0.29, 0.717) is 34.9 Å². The minimum Gasteiger partial charge on any atom is -0.476 e. The van der Waals surface area contributed by atoms with E-state index in [9.17, 15) is 23.5 Å². The van der Waals surface area contributed by atoms with Gasteiger partial charge >= 0.3 is 5.97 Å². The summed E-state index contributed by atoms with van der Waals surface area (Å²) in [6.07, 6.45) is 0.157. The smallest absolute Gasteiger partial charge is 0.356 e. The molecule has 7 nitrogen and oxygen atoms in total. The Bertz CT molecular complexity index is 1410. The zero-order valence-corrected chi connectivity index (χ0v) is 19.6. The predicted molar refractivity (Wildman–Crippen MR) is 124 cm³/mol. The number of hydrogen-bond acceptors (Lipinski definition) is 5. The maximum atomic E-state index is 14.2. The van der Waals surface area contributed by atoms with Gasteiger partial charge in [-0.2, -0.15) is 0 Å². The fourth-order valence-corrected chi connectivity index (χ4v) is 5.59. The number of alkyl halides is 2. The summed E-state index contributed by atoms with van der Waals surface area (Å²) in [7, 11) is 0. The summed E-state index contributed by atoms with van der Waals surface area (Å²) in [5.74, 6) is -3.65. The average molecular weight is 509 g/mol. The molecule has 3 heterocycles. The first kappa shape index (κ1) is 23.0. The number of anilines is 1. The Labute approximate surface area is 202 Å². The van der Waals surface area contributed by atoms with Crippen LogP contribution in [0, 0.1) is 0 Å². The Morgan fingerprint density at radius 2 is 1.97 bits per heavy atom. The van der Waals surface area contributed by atoms with Gasteiger partial charge in [-0.05, 0) is 44.0 Å². The molecule has 3 aromatic rings. The van der Waals surface area contributed by atoms with Gasteiger partial charge in [-0.15, -0.1) is 0 Å². The zero-order chi connectivity index (χ0) is 24.4. The van der Waals surface area contributed by atoms with Crippen LogP contribution in [-0.4, -0.2) is 31.5 Å². The standard InChI is InChI=1S/C23H20Cl2F2N4O3/c1-11(28-15-2-3-16(25)29-18(15)20(33)34)13-8-12(24)9-14-17(13)30-21-22(4-5-23(26,27)10-22)6-7-31(21)19(14)32/h2-3,8-9,11,28H,4-7,10H2,1H3,(H,33,34)/t11-,22+/m1/s1. The summed E-state index contributed by atoms with van der Waals surface area (Å²) >= 11 is 12.2. The van der Waals surface area contributed by atoms with Crippen molar-refractivity contribution in [3.63, 3.8) is 0 Å². The fourth-order valence-electron chi connectivity index (χ4n) is 5.22. The number of rotatable bonds is 4. The normalized spacial score (nSPS) is 21.7. The van der Waals surface area contributed by atoms with Crippen LogP contribution in [0.15, 0.2) is 29.1 Å². The van der Waals surface area contributed by atoms with E-state index >= 15 is 0 Å². The van der Waals surface area contributed by atoms with E-state index < -0.39 is 23.3 Å². The van der Waals surface area contributed by atoms with E-state index in [1.807, 2.05) is 0 Å². The number of carbonyl (C=O) groups is 1. The van der Waals surface area contributed by atoms with Crippen LogP contribution in [0.4, 0.5) is 14.5 Å². The molecular formula is C23H20Cl2F2N4O3. The van der Waals surface area contributed by atoms with Crippen LogP contribution >= 0.6 is 23.2 Å². The molecule has 0 unspecified atom stereocenters. The van der Waals surface area contributed by atoms with E-state index in [4.69, 9.17) is 28.2 Å². The number of aromatic carboxylic acids is 1. The molecule has 2 aromatic heterocycles. The molecule has 1 aliphatic carbocycles. The molecule has 1 aliphatic heterocycles. The second-order valence-corrected chi connectivity index (χ2v) is 9.87. The molecule has 1 spiro atoms. The van der Waals surface area contributed by atoms with Crippen molar-refractivity contribution in [2.24, 2.45) is 0 Å². The maximum Gasteiger partial charge on any atom is 0.356 e. The number of halogens is 4. The van der Waals surface area contributed by atoms with Crippen LogP contribution in [0.2, 0.25) is 10.2 Å². The van der Waals surface area contributed by atoms with Gasteiger partial charge in [0.1, 0.15) is 11.0 Å². The third-order valence-corrected chi connectivity index (χ3v) is 7.24. The van der Waals surface area contributed by atoms with Crippen molar-refractivity contribution in [1.29, 1.82) is 0 Å². The SMILES string of the molecule is C[C@@H](Nc1ccc(Cl)nc1C(=O)O)c1cc(Cl)cc2c(=O)n3c(nc12)[C@]1(CC3)CCC(F)(F)C1. The molecule has 2 N–H and O–H groups in total. The van der Waals surface area contributed by atoms with Gasteiger partial charge in [-0.3, -0.25) is 9.36 Å². The molecule has 34 heavy (non-hydrogen) atoms. The number of aromatic nitrogens is 3. The summed E-state index contributed by atoms with van der Waals surface area (Å²) in [4.78, 5) is 33.6. The average Bonchev–Trinajstić information content (AvgIpc) is 3.28. The number of pyridine rings is 1. The second kappa shape index (κ2) is 7.88. The summed E-state index contributed by atoms with van der Waals surface area (Å²) < 4.78 is 29.8. The van der Waals surface area contributed by atoms with Crippen molar-refractivity contribution < 1.29 is 18.7 Å². The van der Waals surface area contributed by atoms with Gasteiger partial charge < -0.3 is 10.4 Å². The second-order valence-electron chi connectivity index (χ2n) is 9.05.